The fourth-order valence-electron chi connectivity index (χ4n) is 6.04. The summed E-state index contributed by atoms with van der Waals surface area (Å²) in [6.07, 6.45) is 8.26. The molecule has 2 aliphatic rings. The zero-order chi connectivity index (χ0) is 26.5. The second kappa shape index (κ2) is 9.82. The molecule has 0 N–H and O–H groups in total. The molecule has 194 valence electrons. The van der Waals surface area contributed by atoms with E-state index in [1.807, 2.05) is 28.8 Å². The van der Waals surface area contributed by atoms with Crippen molar-refractivity contribution in [2.45, 2.75) is 45.2 Å². The quantitative estimate of drug-likeness (QED) is 0.240. The molecule has 1 atom stereocenters. The van der Waals surface area contributed by atoms with Crippen molar-refractivity contribution in [3.63, 3.8) is 0 Å². The van der Waals surface area contributed by atoms with Crippen LogP contribution in [0.25, 0.3) is 22.7 Å². The van der Waals surface area contributed by atoms with Crippen molar-refractivity contribution in [1.82, 2.24) is 9.13 Å². The van der Waals surface area contributed by atoms with Gasteiger partial charge in [-0.15, -0.1) is 0 Å². The molecular formula is C33H28ClN3OS. The molecule has 0 fully saturated rings. The molecule has 0 saturated heterocycles. The molecule has 5 aromatic rings. The van der Waals surface area contributed by atoms with Gasteiger partial charge in [0.1, 0.15) is 0 Å². The Morgan fingerprint density at radius 3 is 2.69 bits per heavy atom. The highest BCUT2D eigenvalue weighted by Gasteiger charge is 2.33. The molecular weight excluding hydrogens is 522 g/mol. The van der Waals surface area contributed by atoms with E-state index >= 15 is 0 Å². The fraction of sp³-hybridized carbons (Fsp3) is 0.212. The van der Waals surface area contributed by atoms with Gasteiger partial charge in [-0.3, -0.25) is 9.36 Å². The highest BCUT2D eigenvalue weighted by atomic mass is 35.5. The second-order valence-corrected chi connectivity index (χ2v) is 11.7. The number of allylic oxidation sites excluding steroid dienone is 1. The van der Waals surface area contributed by atoms with Crippen LogP contribution in [-0.2, 0) is 13.0 Å². The van der Waals surface area contributed by atoms with Gasteiger partial charge in [0.15, 0.2) is 4.80 Å². The summed E-state index contributed by atoms with van der Waals surface area (Å²) in [5.74, 6) is 0. The molecule has 0 amide bonds. The summed E-state index contributed by atoms with van der Waals surface area (Å²) < 4.78 is 4.88. The van der Waals surface area contributed by atoms with Crippen molar-refractivity contribution < 1.29 is 0 Å². The summed E-state index contributed by atoms with van der Waals surface area (Å²) >= 11 is 8.25. The molecule has 1 unspecified atom stereocenters. The first kappa shape index (κ1) is 24.4. The average molecular weight is 550 g/mol. The fourth-order valence-corrected chi connectivity index (χ4v) is 7.27. The number of benzene rings is 3. The SMILES string of the molecule is CCCCn1cc(/C=c2\sc3n(c2=O)C(c2ccccc2Cl)C2=C(N=3)c3ccccc3CC2)c2ccccc21. The van der Waals surface area contributed by atoms with E-state index in [-0.39, 0.29) is 11.6 Å². The molecule has 4 nitrogen and oxygen atoms in total. The zero-order valence-electron chi connectivity index (χ0n) is 21.7. The number of hydrogen-bond acceptors (Lipinski definition) is 3. The first-order chi connectivity index (χ1) is 19.1. The first-order valence-corrected chi connectivity index (χ1v) is 14.8. The van der Waals surface area contributed by atoms with Crippen LogP contribution in [0, 0.1) is 0 Å². The first-order valence-electron chi connectivity index (χ1n) is 13.6. The smallest absolute Gasteiger partial charge is 0.271 e. The lowest BCUT2D eigenvalue weighted by Crippen LogP contribution is -2.38. The molecule has 0 radical (unpaired) electrons. The number of para-hydroxylation sites is 1. The molecule has 39 heavy (non-hydrogen) atoms. The molecule has 0 saturated carbocycles. The summed E-state index contributed by atoms with van der Waals surface area (Å²) in [5.41, 5.74) is 7.82. The minimum atomic E-state index is -0.272. The van der Waals surface area contributed by atoms with Gasteiger partial charge in [-0.25, -0.2) is 4.99 Å². The van der Waals surface area contributed by atoms with Crippen LogP contribution in [0.5, 0.6) is 0 Å². The number of hydrogen-bond donors (Lipinski definition) is 0. The van der Waals surface area contributed by atoms with Crippen molar-refractivity contribution in [1.29, 1.82) is 0 Å². The highest BCUT2D eigenvalue weighted by molar-refractivity contribution is 7.07. The molecule has 2 aromatic heterocycles. The van der Waals surface area contributed by atoms with Gasteiger partial charge < -0.3 is 4.57 Å². The van der Waals surface area contributed by atoms with E-state index in [4.69, 9.17) is 16.6 Å². The molecule has 7 rings (SSSR count). The number of aromatic nitrogens is 2. The maximum absolute atomic E-state index is 14.2. The van der Waals surface area contributed by atoms with Crippen molar-refractivity contribution in [3.8, 4) is 0 Å². The standard InChI is InChI=1S/C33H28ClN3OS/c1-2-3-18-36-20-22(23-11-7-9-15-28(23)36)19-29-32(38)37-31(25-13-6-8-14-27(25)34)26-17-16-21-10-4-5-12-24(21)30(26)35-33(37)39-29/h4-15,19-20,31H,2-3,16-18H2,1H3/b29-19-. The lowest BCUT2D eigenvalue weighted by Gasteiger charge is -2.31. The van der Waals surface area contributed by atoms with Crippen LogP contribution >= 0.6 is 22.9 Å². The number of halogens is 1. The monoisotopic (exact) mass is 549 g/mol. The van der Waals surface area contributed by atoms with Gasteiger partial charge in [-0.1, -0.05) is 96.9 Å². The Morgan fingerprint density at radius 2 is 1.82 bits per heavy atom. The third-order valence-electron chi connectivity index (χ3n) is 7.93. The van der Waals surface area contributed by atoms with Crippen molar-refractivity contribution >= 4 is 45.6 Å². The number of thiazole rings is 1. The van der Waals surface area contributed by atoms with Crippen LogP contribution < -0.4 is 14.9 Å². The van der Waals surface area contributed by atoms with Crippen LogP contribution in [-0.4, -0.2) is 9.13 Å². The molecule has 0 bridgehead atoms. The van der Waals surface area contributed by atoms with E-state index in [2.05, 4.69) is 72.3 Å². The van der Waals surface area contributed by atoms with Crippen LogP contribution in [0.4, 0.5) is 0 Å². The second-order valence-electron chi connectivity index (χ2n) is 10.3. The topological polar surface area (TPSA) is 39.3 Å². The lowest BCUT2D eigenvalue weighted by atomic mass is 9.83. The Labute approximate surface area is 235 Å². The van der Waals surface area contributed by atoms with E-state index in [0.29, 0.717) is 9.55 Å². The van der Waals surface area contributed by atoms with E-state index in [1.165, 1.54) is 22.4 Å². The number of unbranched alkanes of at least 4 members (excludes halogenated alkanes) is 1. The van der Waals surface area contributed by atoms with Gasteiger partial charge in [-0.05, 0) is 54.2 Å². The van der Waals surface area contributed by atoms with E-state index in [0.717, 1.165) is 70.4 Å². The Hall–Kier alpha value is -3.67. The minimum absolute atomic E-state index is 0.0144. The predicted molar refractivity (Wildman–Crippen MR) is 161 cm³/mol. The third-order valence-corrected chi connectivity index (χ3v) is 9.26. The van der Waals surface area contributed by atoms with Gasteiger partial charge in [0.2, 0.25) is 0 Å². The van der Waals surface area contributed by atoms with Crippen LogP contribution in [0.2, 0.25) is 5.02 Å². The maximum atomic E-state index is 14.2. The zero-order valence-corrected chi connectivity index (χ0v) is 23.3. The Morgan fingerprint density at radius 1 is 1.03 bits per heavy atom. The molecule has 6 heteroatoms. The van der Waals surface area contributed by atoms with E-state index < -0.39 is 0 Å². The number of fused-ring (bicyclic) bond motifs is 4. The number of rotatable bonds is 5. The summed E-state index contributed by atoms with van der Waals surface area (Å²) in [6, 6.07) is 24.6. The Balaban J connectivity index is 1.47. The highest BCUT2D eigenvalue weighted by Crippen LogP contribution is 2.42. The van der Waals surface area contributed by atoms with Crippen molar-refractivity contribution in [2.75, 3.05) is 0 Å². The van der Waals surface area contributed by atoms with Gasteiger partial charge >= 0.3 is 0 Å². The van der Waals surface area contributed by atoms with Gasteiger partial charge in [-0.2, -0.15) is 0 Å². The van der Waals surface area contributed by atoms with Crippen molar-refractivity contribution in [3.05, 3.63) is 132 Å². The normalized spacial score (nSPS) is 16.7. The predicted octanol–water partition coefficient (Wildman–Crippen LogP) is 6.73. The van der Waals surface area contributed by atoms with Gasteiger partial charge in [0, 0.05) is 39.8 Å². The Kier molecular flexibility index (Phi) is 6.14. The van der Waals surface area contributed by atoms with Crippen LogP contribution in [0.1, 0.15) is 54.5 Å². The van der Waals surface area contributed by atoms with Crippen LogP contribution in [0.3, 0.4) is 0 Å². The number of nitrogens with zero attached hydrogens (tertiary/aromatic N) is 3. The van der Waals surface area contributed by atoms with E-state index in [1.54, 1.807) is 0 Å². The molecule has 3 heterocycles. The molecule has 0 spiro atoms. The minimum Gasteiger partial charge on any atom is -0.347 e. The summed E-state index contributed by atoms with van der Waals surface area (Å²) in [6.45, 7) is 3.17. The molecule has 3 aromatic carbocycles. The van der Waals surface area contributed by atoms with Gasteiger partial charge in [0.05, 0.1) is 16.3 Å². The maximum Gasteiger partial charge on any atom is 0.271 e. The number of aryl methyl sites for hydroxylation is 2. The molecule has 1 aliphatic heterocycles. The summed E-state index contributed by atoms with van der Waals surface area (Å²) in [5, 5.41) is 1.83. The summed E-state index contributed by atoms with van der Waals surface area (Å²) in [4.78, 5) is 20.0. The largest absolute Gasteiger partial charge is 0.347 e. The van der Waals surface area contributed by atoms with Crippen molar-refractivity contribution in [2.24, 2.45) is 4.99 Å². The lowest BCUT2D eigenvalue weighted by molar-refractivity contribution is 0.585. The third kappa shape index (κ3) is 4.03. The van der Waals surface area contributed by atoms with E-state index in [9.17, 15) is 4.79 Å². The summed E-state index contributed by atoms with van der Waals surface area (Å²) in [7, 11) is 0. The average Bonchev–Trinajstić information content (AvgIpc) is 3.47. The Bertz CT molecular complexity index is 1960. The van der Waals surface area contributed by atoms with Crippen LogP contribution in [0.15, 0.2) is 94.4 Å². The molecule has 1 aliphatic carbocycles. The van der Waals surface area contributed by atoms with Gasteiger partial charge in [0.25, 0.3) is 5.56 Å².